The van der Waals surface area contributed by atoms with Gasteiger partial charge in [-0.05, 0) is 31.4 Å². The van der Waals surface area contributed by atoms with Crippen molar-refractivity contribution in [2.75, 3.05) is 13.1 Å². The fourth-order valence-corrected chi connectivity index (χ4v) is 3.05. The molecule has 1 aliphatic heterocycles. The topological polar surface area (TPSA) is 41.1 Å². The van der Waals surface area contributed by atoms with Crippen molar-refractivity contribution in [3.05, 3.63) is 36.2 Å². The van der Waals surface area contributed by atoms with E-state index in [2.05, 4.69) is 20.2 Å². The molecule has 1 N–H and O–H groups in total. The molecule has 1 aromatic heterocycles. The molecule has 1 atom stereocenters. The van der Waals surface area contributed by atoms with Crippen LogP contribution in [0.1, 0.15) is 25.0 Å². The maximum absolute atomic E-state index is 4.66. The van der Waals surface area contributed by atoms with E-state index in [4.69, 9.17) is 0 Å². The van der Waals surface area contributed by atoms with Crippen molar-refractivity contribution < 1.29 is 0 Å². The summed E-state index contributed by atoms with van der Waals surface area (Å²) < 4.78 is 0. The van der Waals surface area contributed by atoms with Crippen LogP contribution < -0.4 is 5.32 Å². The number of rotatable bonds is 4. The molecule has 2 fully saturated rings. The summed E-state index contributed by atoms with van der Waals surface area (Å²) in [5.41, 5.74) is 2.99. The number of nitrogens with one attached hydrogen (secondary N) is 1. The van der Waals surface area contributed by atoms with E-state index < -0.39 is 0 Å². The predicted octanol–water partition coefficient (Wildman–Crippen LogP) is 1.96. The predicted molar refractivity (Wildman–Crippen MR) is 79.4 cm³/mol. The molecule has 2 aromatic rings. The first kappa shape index (κ1) is 12.2. The van der Waals surface area contributed by atoms with E-state index >= 15 is 0 Å². The van der Waals surface area contributed by atoms with Crippen LogP contribution in [0.5, 0.6) is 0 Å². The van der Waals surface area contributed by atoms with Crippen LogP contribution in [-0.4, -0.2) is 40.0 Å². The fraction of sp³-hybridized carbons (Fsp3) is 0.500. The summed E-state index contributed by atoms with van der Waals surface area (Å²) in [5, 5.41) is 3.63. The molecule has 4 nitrogen and oxygen atoms in total. The number of hydrogen-bond donors (Lipinski definition) is 1. The van der Waals surface area contributed by atoms with Crippen LogP contribution in [0.2, 0.25) is 0 Å². The zero-order valence-corrected chi connectivity index (χ0v) is 11.6. The minimum absolute atomic E-state index is 0.615. The lowest BCUT2D eigenvalue weighted by atomic mass is 10.2. The largest absolute Gasteiger partial charge is 0.307 e. The highest BCUT2D eigenvalue weighted by molar-refractivity contribution is 5.73. The Morgan fingerprint density at radius 2 is 2.00 bits per heavy atom. The summed E-state index contributed by atoms with van der Waals surface area (Å²) in [7, 11) is 0. The Hall–Kier alpha value is -1.52. The minimum atomic E-state index is 0.615. The van der Waals surface area contributed by atoms with Crippen LogP contribution in [0.15, 0.2) is 30.5 Å². The van der Waals surface area contributed by atoms with Gasteiger partial charge >= 0.3 is 0 Å². The van der Waals surface area contributed by atoms with Gasteiger partial charge < -0.3 is 5.32 Å². The van der Waals surface area contributed by atoms with Crippen molar-refractivity contribution in [2.45, 2.75) is 37.9 Å². The van der Waals surface area contributed by atoms with Crippen molar-refractivity contribution >= 4 is 11.0 Å². The molecule has 0 spiro atoms. The van der Waals surface area contributed by atoms with E-state index in [9.17, 15) is 0 Å². The summed E-state index contributed by atoms with van der Waals surface area (Å²) in [5.74, 6) is 0. The second-order valence-electron chi connectivity index (χ2n) is 5.94. The van der Waals surface area contributed by atoms with Crippen molar-refractivity contribution in [3.63, 3.8) is 0 Å². The van der Waals surface area contributed by atoms with Gasteiger partial charge in [0.15, 0.2) is 0 Å². The van der Waals surface area contributed by atoms with Gasteiger partial charge in [0.25, 0.3) is 0 Å². The summed E-state index contributed by atoms with van der Waals surface area (Å²) in [6, 6.07) is 9.55. The zero-order valence-electron chi connectivity index (χ0n) is 11.6. The lowest BCUT2D eigenvalue weighted by Gasteiger charge is -2.15. The Bertz CT molecular complexity index is 608. The van der Waals surface area contributed by atoms with Crippen molar-refractivity contribution in [1.82, 2.24) is 20.2 Å². The van der Waals surface area contributed by atoms with E-state index in [1.807, 2.05) is 30.5 Å². The standard InChI is InChI=1S/C16H20N4/c1-2-4-16-15(3-1)18-10-13(19-16)9-17-12-7-8-20(11-12)14-5-6-14/h1-4,10,12,14,17H,5-9,11H2. The zero-order chi connectivity index (χ0) is 13.4. The molecule has 1 aliphatic carbocycles. The quantitative estimate of drug-likeness (QED) is 0.920. The first-order chi connectivity index (χ1) is 9.88. The van der Waals surface area contributed by atoms with Gasteiger partial charge in [-0.15, -0.1) is 0 Å². The van der Waals surface area contributed by atoms with Crippen LogP contribution >= 0.6 is 0 Å². The number of nitrogens with zero attached hydrogens (tertiary/aromatic N) is 3. The maximum Gasteiger partial charge on any atom is 0.0890 e. The first-order valence-electron chi connectivity index (χ1n) is 7.56. The van der Waals surface area contributed by atoms with Gasteiger partial charge in [0.1, 0.15) is 0 Å². The normalized spacial score (nSPS) is 23.5. The molecule has 1 aromatic carbocycles. The Balaban J connectivity index is 1.38. The van der Waals surface area contributed by atoms with Gasteiger partial charge in [0.2, 0.25) is 0 Å². The van der Waals surface area contributed by atoms with Gasteiger partial charge in [-0.25, -0.2) is 4.98 Å². The molecule has 0 radical (unpaired) electrons. The molecule has 4 rings (SSSR count). The van der Waals surface area contributed by atoms with Crippen molar-refractivity contribution in [1.29, 1.82) is 0 Å². The van der Waals surface area contributed by atoms with Gasteiger partial charge in [0.05, 0.1) is 22.9 Å². The highest BCUT2D eigenvalue weighted by Crippen LogP contribution is 2.29. The number of hydrogen-bond acceptors (Lipinski definition) is 4. The third kappa shape index (κ3) is 2.53. The smallest absolute Gasteiger partial charge is 0.0890 e. The van der Waals surface area contributed by atoms with Gasteiger partial charge in [-0.1, -0.05) is 12.1 Å². The number of likely N-dealkylation sites (tertiary alicyclic amines) is 1. The number of aromatic nitrogens is 2. The highest BCUT2D eigenvalue weighted by Gasteiger charge is 2.34. The SMILES string of the molecule is c1ccc2nc(CNC3CCN(C4CC4)C3)cnc2c1. The molecule has 1 unspecified atom stereocenters. The summed E-state index contributed by atoms with van der Waals surface area (Å²) >= 11 is 0. The molecule has 1 saturated heterocycles. The lowest BCUT2D eigenvalue weighted by molar-refractivity contribution is 0.317. The second-order valence-corrected chi connectivity index (χ2v) is 5.94. The van der Waals surface area contributed by atoms with E-state index in [1.165, 1.54) is 32.4 Å². The molecule has 104 valence electrons. The molecular formula is C16H20N4. The van der Waals surface area contributed by atoms with Crippen molar-refractivity contribution in [2.24, 2.45) is 0 Å². The van der Waals surface area contributed by atoms with Crippen LogP contribution in [0.25, 0.3) is 11.0 Å². The second kappa shape index (κ2) is 5.11. The Morgan fingerprint density at radius 3 is 2.85 bits per heavy atom. The van der Waals surface area contributed by atoms with Crippen molar-refractivity contribution in [3.8, 4) is 0 Å². The summed E-state index contributed by atoms with van der Waals surface area (Å²) in [6.07, 6.45) is 5.96. The Morgan fingerprint density at radius 1 is 1.15 bits per heavy atom. The molecule has 2 aliphatic rings. The molecule has 20 heavy (non-hydrogen) atoms. The average Bonchev–Trinajstić information content (AvgIpc) is 3.24. The first-order valence-corrected chi connectivity index (χ1v) is 7.56. The summed E-state index contributed by atoms with van der Waals surface area (Å²) in [6.45, 7) is 3.28. The maximum atomic E-state index is 4.66. The molecule has 0 amide bonds. The molecule has 1 saturated carbocycles. The van der Waals surface area contributed by atoms with Crippen LogP contribution in [0.4, 0.5) is 0 Å². The third-order valence-electron chi connectivity index (χ3n) is 4.35. The Kier molecular flexibility index (Phi) is 3.13. The van der Waals surface area contributed by atoms with E-state index in [1.54, 1.807) is 0 Å². The molecule has 2 heterocycles. The molecule has 4 heteroatoms. The van der Waals surface area contributed by atoms with E-state index in [0.717, 1.165) is 29.3 Å². The van der Waals surface area contributed by atoms with Gasteiger partial charge in [0, 0.05) is 31.7 Å². The molecule has 0 bridgehead atoms. The highest BCUT2D eigenvalue weighted by atomic mass is 15.2. The van der Waals surface area contributed by atoms with E-state index in [-0.39, 0.29) is 0 Å². The number of para-hydroxylation sites is 2. The average molecular weight is 268 g/mol. The fourth-order valence-electron chi connectivity index (χ4n) is 3.05. The van der Waals surface area contributed by atoms with Crippen LogP contribution in [0, 0.1) is 0 Å². The minimum Gasteiger partial charge on any atom is -0.307 e. The monoisotopic (exact) mass is 268 g/mol. The van der Waals surface area contributed by atoms with E-state index in [0.29, 0.717) is 6.04 Å². The summed E-state index contributed by atoms with van der Waals surface area (Å²) in [4.78, 5) is 11.8. The third-order valence-corrected chi connectivity index (χ3v) is 4.35. The Labute approximate surface area is 119 Å². The number of fused-ring (bicyclic) bond motifs is 1. The van der Waals surface area contributed by atoms with Crippen LogP contribution in [-0.2, 0) is 6.54 Å². The van der Waals surface area contributed by atoms with Gasteiger partial charge in [-0.3, -0.25) is 9.88 Å². The number of benzene rings is 1. The van der Waals surface area contributed by atoms with Gasteiger partial charge in [-0.2, -0.15) is 0 Å². The van der Waals surface area contributed by atoms with Crippen LogP contribution in [0.3, 0.4) is 0 Å². The lowest BCUT2D eigenvalue weighted by Crippen LogP contribution is -2.33. The molecular weight excluding hydrogens is 248 g/mol.